The Labute approximate surface area is 124 Å². The van der Waals surface area contributed by atoms with Gasteiger partial charge in [0.1, 0.15) is 23.7 Å². The zero-order valence-corrected chi connectivity index (χ0v) is 11.4. The number of hydrogen-bond donors (Lipinski definition) is 6. The largest absolute Gasteiger partial charge is 0.508 e. The minimum Gasteiger partial charge on any atom is -0.508 e. The lowest BCUT2D eigenvalue weighted by molar-refractivity contribution is -0.171. The number of phenols is 1. The molecule has 0 saturated heterocycles. The van der Waals surface area contributed by atoms with E-state index in [-0.39, 0.29) is 11.5 Å². The topological polar surface area (TPSA) is 165 Å². The van der Waals surface area contributed by atoms with Crippen molar-refractivity contribution in [2.45, 2.75) is 31.3 Å². The summed E-state index contributed by atoms with van der Waals surface area (Å²) in [5.74, 6) is -3.53. The number of carbonyl (C=O) groups is 2. The minimum atomic E-state index is -2.39. The zero-order chi connectivity index (χ0) is 17.0. The van der Waals surface area contributed by atoms with Crippen molar-refractivity contribution in [3.05, 3.63) is 23.8 Å². The van der Waals surface area contributed by atoms with Gasteiger partial charge in [-0.05, 0) is 18.6 Å². The molecule has 0 bridgehead atoms. The molecule has 0 fully saturated rings. The van der Waals surface area contributed by atoms with Gasteiger partial charge in [0.25, 0.3) is 0 Å². The minimum absolute atomic E-state index is 0.132. The lowest BCUT2D eigenvalue weighted by Crippen LogP contribution is -2.50. The van der Waals surface area contributed by atoms with Gasteiger partial charge in [0, 0.05) is 6.07 Å². The third kappa shape index (κ3) is 4.15. The number of aromatic hydroxyl groups is 1. The Balaban J connectivity index is 2.75. The Bertz CT molecular complexity index is 556. The first kappa shape index (κ1) is 17.9. The number of benzene rings is 1. The van der Waals surface area contributed by atoms with Gasteiger partial charge < -0.3 is 35.4 Å². The van der Waals surface area contributed by atoms with Gasteiger partial charge in [-0.3, -0.25) is 0 Å². The first-order valence-electron chi connectivity index (χ1n) is 6.11. The second kappa shape index (κ2) is 7.18. The molecule has 1 aromatic carbocycles. The quantitative estimate of drug-likeness (QED) is 0.260. The van der Waals surface area contributed by atoms with E-state index in [0.717, 1.165) is 6.07 Å². The molecule has 9 heteroatoms. The van der Waals surface area contributed by atoms with Gasteiger partial charge in [0.2, 0.25) is 0 Å². The predicted octanol–water partition coefficient (Wildman–Crippen LogP) is -1.87. The van der Waals surface area contributed by atoms with Gasteiger partial charge in [-0.15, -0.1) is 0 Å². The van der Waals surface area contributed by atoms with Crippen molar-refractivity contribution in [1.29, 1.82) is 0 Å². The fourth-order valence-corrected chi connectivity index (χ4v) is 1.49. The van der Waals surface area contributed by atoms with Crippen LogP contribution in [0.15, 0.2) is 18.2 Å². The molecule has 4 unspecified atom stereocenters. The van der Waals surface area contributed by atoms with Gasteiger partial charge in [-0.1, -0.05) is 6.07 Å². The smallest absolute Gasteiger partial charge is 0.343 e. The summed E-state index contributed by atoms with van der Waals surface area (Å²) < 4.78 is 4.67. The van der Waals surface area contributed by atoms with E-state index >= 15 is 0 Å². The summed E-state index contributed by atoms with van der Waals surface area (Å²) in [7, 11) is 0. The normalized spacial score (nSPS) is 16.4. The Morgan fingerprint density at radius 2 is 1.59 bits per heavy atom. The number of ether oxygens (including phenoxy) is 1. The molecule has 22 heavy (non-hydrogen) atoms. The molecule has 1 aromatic rings. The summed E-state index contributed by atoms with van der Waals surface area (Å²) >= 11 is 0. The maximum atomic E-state index is 11.6. The van der Waals surface area contributed by atoms with Crippen molar-refractivity contribution in [1.82, 2.24) is 0 Å². The summed E-state index contributed by atoms with van der Waals surface area (Å²) in [4.78, 5) is 22.0. The third-order valence-corrected chi connectivity index (χ3v) is 2.89. The second-order valence-electron chi connectivity index (χ2n) is 4.58. The highest BCUT2D eigenvalue weighted by molar-refractivity contribution is 5.78. The molecule has 0 aliphatic rings. The molecule has 0 heterocycles. The average molecular weight is 316 g/mol. The van der Waals surface area contributed by atoms with Gasteiger partial charge in [0.15, 0.2) is 12.2 Å². The summed E-state index contributed by atoms with van der Waals surface area (Å²) in [6.07, 6.45) is -9.27. The first-order chi connectivity index (χ1) is 10.1. The van der Waals surface area contributed by atoms with Gasteiger partial charge >= 0.3 is 11.9 Å². The van der Waals surface area contributed by atoms with Crippen LogP contribution in [-0.2, 0) is 9.59 Å². The van der Waals surface area contributed by atoms with E-state index in [1.807, 2.05) is 0 Å². The Hall–Kier alpha value is -2.20. The van der Waals surface area contributed by atoms with Crippen LogP contribution in [0.25, 0.3) is 0 Å². The number of phenolic OH excluding ortho intramolecular Hbond substituents is 1. The van der Waals surface area contributed by atoms with Crippen LogP contribution in [0.1, 0.15) is 5.56 Å². The van der Waals surface area contributed by atoms with Crippen LogP contribution < -0.4 is 4.74 Å². The van der Waals surface area contributed by atoms with Crippen LogP contribution in [0.3, 0.4) is 0 Å². The molecule has 0 aliphatic heterocycles. The number of aliphatic hydroxyl groups is 4. The third-order valence-electron chi connectivity index (χ3n) is 2.89. The molecular weight excluding hydrogens is 300 g/mol. The maximum Gasteiger partial charge on any atom is 0.343 e. The van der Waals surface area contributed by atoms with Crippen LogP contribution >= 0.6 is 0 Å². The number of aliphatic carboxylic acids is 1. The first-order valence-corrected chi connectivity index (χ1v) is 6.11. The van der Waals surface area contributed by atoms with Crippen molar-refractivity contribution in [3.8, 4) is 11.5 Å². The molecule has 0 spiro atoms. The lowest BCUT2D eigenvalue weighted by atomic mass is 10.0. The molecule has 0 radical (unpaired) electrons. The van der Waals surface area contributed by atoms with Crippen LogP contribution in [0.2, 0.25) is 0 Å². The molecule has 4 atom stereocenters. The number of hydrogen-bond acceptors (Lipinski definition) is 8. The highest BCUT2D eigenvalue weighted by Crippen LogP contribution is 2.23. The Kier molecular flexibility index (Phi) is 5.83. The number of carboxylic acids is 1. The Morgan fingerprint density at radius 3 is 2.09 bits per heavy atom. The van der Waals surface area contributed by atoms with E-state index in [1.165, 1.54) is 12.1 Å². The van der Waals surface area contributed by atoms with Crippen molar-refractivity contribution in [2.24, 2.45) is 0 Å². The fourth-order valence-electron chi connectivity index (χ4n) is 1.49. The molecule has 6 N–H and O–H groups in total. The molecule has 0 saturated carbocycles. The monoisotopic (exact) mass is 316 g/mol. The SMILES string of the molecule is Cc1ccc(OC(=O)C(O)C(O)C(O)C(O)C(=O)O)cc1O. The summed E-state index contributed by atoms with van der Waals surface area (Å²) in [5.41, 5.74) is 0.514. The number of carbonyl (C=O) groups excluding carboxylic acids is 1. The molecule has 0 aliphatic carbocycles. The molecular formula is C13H16O9. The lowest BCUT2D eigenvalue weighted by Gasteiger charge is -2.23. The van der Waals surface area contributed by atoms with Crippen molar-refractivity contribution >= 4 is 11.9 Å². The van der Waals surface area contributed by atoms with Crippen molar-refractivity contribution in [2.75, 3.05) is 0 Å². The van der Waals surface area contributed by atoms with Crippen LogP contribution in [0.5, 0.6) is 11.5 Å². The van der Waals surface area contributed by atoms with Crippen molar-refractivity contribution < 1.29 is 45.0 Å². The number of rotatable bonds is 6. The average Bonchev–Trinajstić information content (AvgIpc) is 2.47. The van der Waals surface area contributed by atoms with E-state index in [1.54, 1.807) is 6.92 Å². The fraction of sp³-hybridized carbons (Fsp3) is 0.385. The molecule has 0 aromatic heterocycles. The molecule has 0 amide bonds. The van der Waals surface area contributed by atoms with E-state index in [4.69, 9.17) is 10.2 Å². The summed E-state index contributed by atoms with van der Waals surface area (Å²) in [6, 6.07) is 3.84. The number of carboxylic acid groups (broad SMARTS) is 1. The molecule has 122 valence electrons. The molecule has 9 nitrogen and oxygen atoms in total. The van der Waals surface area contributed by atoms with E-state index in [2.05, 4.69) is 4.74 Å². The number of esters is 1. The van der Waals surface area contributed by atoms with E-state index in [9.17, 15) is 30.0 Å². The van der Waals surface area contributed by atoms with Crippen molar-refractivity contribution in [3.63, 3.8) is 0 Å². The molecule has 1 rings (SSSR count). The summed E-state index contributed by atoms with van der Waals surface area (Å²) in [5, 5.41) is 55.3. The highest BCUT2D eigenvalue weighted by Gasteiger charge is 2.38. The van der Waals surface area contributed by atoms with Crippen LogP contribution in [-0.4, -0.2) is 67.0 Å². The number of aryl methyl sites for hydroxylation is 1. The van der Waals surface area contributed by atoms with Crippen LogP contribution in [0.4, 0.5) is 0 Å². The predicted molar refractivity (Wildman–Crippen MR) is 70.1 cm³/mol. The second-order valence-corrected chi connectivity index (χ2v) is 4.58. The summed E-state index contributed by atoms with van der Waals surface area (Å²) in [6.45, 7) is 1.60. The Morgan fingerprint density at radius 1 is 1.05 bits per heavy atom. The highest BCUT2D eigenvalue weighted by atomic mass is 16.6. The van der Waals surface area contributed by atoms with E-state index < -0.39 is 36.4 Å². The van der Waals surface area contributed by atoms with Crippen LogP contribution in [0, 0.1) is 6.92 Å². The number of aliphatic hydroxyl groups excluding tert-OH is 4. The van der Waals surface area contributed by atoms with Gasteiger partial charge in [-0.2, -0.15) is 0 Å². The van der Waals surface area contributed by atoms with Gasteiger partial charge in [-0.25, -0.2) is 9.59 Å². The zero-order valence-electron chi connectivity index (χ0n) is 11.4. The van der Waals surface area contributed by atoms with Gasteiger partial charge in [0.05, 0.1) is 0 Å². The van der Waals surface area contributed by atoms with E-state index in [0.29, 0.717) is 5.56 Å². The standard InChI is InChI=1S/C13H16O9/c1-5-2-3-6(4-7(5)14)22-13(21)11(18)9(16)8(15)10(17)12(19)20/h2-4,8-11,14-18H,1H3,(H,19,20). The maximum absolute atomic E-state index is 11.6.